The quantitative estimate of drug-likeness (QED) is 0.722. The molecule has 0 heterocycles. The fourth-order valence-corrected chi connectivity index (χ4v) is 1.88. The van der Waals surface area contributed by atoms with Crippen molar-refractivity contribution in [3.63, 3.8) is 0 Å². The number of carboxylic acid groups (broad SMARTS) is 1. The minimum atomic E-state index is -1.00. The molecule has 0 aromatic carbocycles. The number of hydrogen-bond donors (Lipinski definition) is 1. The zero-order valence-electron chi connectivity index (χ0n) is 12.0. The Morgan fingerprint density at radius 1 is 1.37 bits per heavy atom. The van der Waals surface area contributed by atoms with Crippen LogP contribution in [0.3, 0.4) is 0 Å². The van der Waals surface area contributed by atoms with Gasteiger partial charge in [0.1, 0.15) is 6.54 Å². The maximum Gasteiger partial charge on any atom is 0.323 e. The van der Waals surface area contributed by atoms with Crippen molar-refractivity contribution in [1.82, 2.24) is 9.80 Å². The molecule has 110 valence electrons. The zero-order chi connectivity index (χ0) is 14.4. The standard InChI is InChI=1S/C13H24N2O4/c1-10(2)15(8-11-4-5-11)13(18)14(6-7-19-3)9-12(16)17/h10-11H,4-9H2,1-3H3,(H,16,17). The van der Waals surface area contributed by atoms with E-state index in [4.69, 9.17) is 9.84 Å². The highest BCUT2D eigenvalue weighted by atomic mass is 16.5. The SMILES string of the molecule is COCCN(CC(=O)O)C(=O)N(CC1CC1)C(C)C. The number of urea groups is 1. The molecule has 1 N–H and O–H groups in total. The Morgan fingerprint density at radius 3 is 2.42 bits per heavy atom. The van der Waals surface area contributed by atoms with Crippen LogP contribution in [0.5, 0.6) is 0 Å². The van der Waals surface area contributed by atoms with E-state index in [1.54, 1.807) is 4.90 Å². The van der Waals surface area contributed by atoms with E-state index in [-0.39, 0.29) is 18.6 Å². The van der Waals surface area contributed by atoms with Crippen LogP contribution < -0.4 is 0 Å². The Balaban J connectivity index is 2.65. The summed E-state index contributed by atoms with van der Waals surface area (Å²) in [4.78, 5) is 26.4. The number of rotatable bonds is 8. The van der Waals surface area contributed by atoms with Crippen LogP contribution in [-0.4, -0.2) is 66.3 Å². The molecule has 0 spiro atoms. The molecule has 0 aromatic rings. The molecule has 6 heteroatoms. The van der Waals surface area contributed by atoms with Gasteiger partial charge in [-0.2, -0.15) is 0 Å². The number of amides is 2. The van der Waals surface area contributed by atoms with Gasteiger partial charge in [-0.25, -0.2) is 4.79 Å². The van der Waals surface area contributed by atoms with Crippen molar-refractivity contribution >= 4 is 12.0 Å². The Bertz CT molecular complexity index is 316. The number of carboxylic acids is 1. The predicted molar refractivity (Wildman–Crippen MR) is 71.0 cm³/mol. The highest BCUT2D eigenvalue weighted by molar-refractivity contribution is 5.80. The molecule has 1 fully saturated rings. The summed E-state index contributed by atoms with van der Waals surface area (Å²) in [6.07, 6.45) is 2.32. The third-order valence-electron chi connectivity index (χ3n) is 3.18. The maximum absolute atomic E-state index is 12.4. The van der Waals surface area contributed by atoms with Crippen LogP contribution in [-0.2, 0) is 9.53 Å². The van der Waals surface area contributed by atoms with Crippen molar-refractivity contribution < 1.29 is 19.4 Å². The molecule has 0 aliphatic heterocycles. The monoisotopic (exact) mass is 272 g/mol. The smallest absolute Gasteiger partial charge is 0.323 e. The zero-order valence-corrected chi connectivity index (χ0v) is 12.0. The molecule has 0 aromatic heterocycles. The fourth-order valence-electron chi connectivity index (χ4n) is 1.88. The third-order valence-corrected chi connectivity index (χ3v) is 3.18. The number of carbonyl (C=O) groups excluding carboxylic acids is 1. The van der Waals surface area contributed by atoms with Gasteiger partial charge in [0, 0.05) is 26.2 Å². The summed E-state index contributed by atoms with van der Waals surface area (Å²) >= 11 is 0. The highest BCUT2D eigenvalue weighted by Gasteiger charge is 2.31. The van der Waals surface area contributed by atoms with E-state index in [1.165, 1.54) is 12.0 Å². The molecule has 19 heavy (non-hydrogen) atoms. The molecule has 0 unspecified atom stereocenters. The molecule has 1 rings (SSSR count). The summed E-state index contributed by atoms with van der Waals surface area (Å²) in [5.74, 6) is -0.417. The second-order valence-electron chi connectivity index (χ2n) is 5.28. The van der Waals surface area contributed by atoms with Crippen molar-refractivity contribution in [2.45, 2.75) is 32.7 Å². The second-order valence-corrected chi connectivity index (χ2v) is 5.28. The normalized spacial score (nSPS) is 14.5. The Morgan fingerprint density at radius 2 is 2.00 bits per heavy atom. The lowest BCUT2D eigenvalue weighted by atomic mass is 10.3. The van der Waals surface area contributed by atoms with E-state index < -0.39 is 5.97 Å². The minimum absolute atomic E-state index is 0.0759. The van der Waals surface area contributed by atoms with Crippen molar-refractivity contribution in [3.8, 4) is 0 Å². The molecule has 1 aliphatic carbocycles. The van der Waals surface area contributed by atoms with Crippen LogP contribution in [0, 0.1) is 5.92 Å². The van der Waals surface area contributed by atoms with Crippen molar-refractivity contribution in [1.29, 1.82) is 0 Å². The van der Waals surface area contributed by atoms with Crippen molar-refractivity contribution in [2.24, 2.45) is 5.92 Å². The van der Waals surface area contributed by atoms with E-state index in [0.717, 1.165) is 19.4 Å². The molecule has 0 radical (unpaired) electrons. The van der Waals surface area contributed by atoms with Crippen LogP contribution in [0.2, 0.25) is 0 Å². The topological polar surface area (TPSA) is 70.1 Å². The van der Waals surface area contributed by atoms with Gasteiger partial charge < -0.3 is 19.6 Å². The first-order chi connectivity index (χ1) is 8.95. The summed E-state index contributed by atoms with van der Waals surface area (Å²) < 4.78 is 4.93. The Hall–Kier alpha value is -1.30. The molecule has 1 saturated carbocycles. The summed E-state index contributed by atoms with van der Waals surface area (Å²) in [5.41, 5.74) is 0. The van der Waals surface area contributed by atoms with Crippen LogP contribution in [0.15, 0.2) is 0 Å². The molecule has 6 nitrogen and oxygen atoms in total. The number of aliphatic carboxylic acids is 1. The maximum atomic E-state index is 12.4. The molecule has 0 atom stereocenters. The van der Waals surface area contributed by atoms with Gasteiger partial charge >= 0.3 is 12.0 Å². The highest BCUT2D eigenvalue weighted by Crippen LogP contribution is 2.30. The van der Waals surface area contributed by atoms with Gasteiger partial charge in [0.15, 0.2) is 0 Å². The third kappa shape index (κ3) is 5.46. The summed E-state index contributed by atoms with van der Waals surface area (Å²) in [7, 11) is 1.54. The van der Waals surface area contributed by atoms with Gasteiger partial charge in [-0.3, -0.25) is 4.79 Å². The van der Waals surface area contributed by atoms with Crippen LogP contribution in [0.25, 0.3) is 0 Å². The van der Waals surface area contributed by atoms with Gasteiger partial charge in [-0.15, -0.1) is 0 Å². The summed E-state index contributed by atoms with van der Waals surface area (Å²) in [6.45, 7) is 4.99. The number of hydrogen-bond acceptors (Lipinski definition) is 3. The number of ether oxygens (including phenoxy) is 1. The Kier molecular flexibility index (Phi) is 6.08. The molecule has 1 aliphatic rings. The van der Waals surface area contributed by atoms with E-state index in [9.17, 15) is 9.59 Å². The largest absolute Gasteiger partial charge is 0.480 e. The fraction of sp³-hybridized carbons (Fsp3) is 0.846. The molecule has 0 saturated heterocycles. The number of carbonyl (C=O) groups is 2. The molecular weight excluding hydrogens is 248 g/mol. The van der Waals surface area contributed by atoms with E-state index in [1.807, 2.05) is 13.8 Å². The molecule has 0 bridgehead atoms. The summed E-state index contributed by atoms with van der Waals surface area (Å²) in [5, 5.41) is 8.89. The lowest BCUT2D eigenvalue weighted by Crippen LogP contribution is -2.49. The van der Waals surface area contributed by atoms with Gasteiger partial charge in [0.05, 0.1) is 6.61 Å². The first-order valence-electron chi connectivity index (χ1n) is 6.72. The second kappa shape index (κ2) is 7.33. The van der Waals surface area contributed by atoms with Crippen molar-refractivity contribution in [3.05, 3.63) is 0 Å². The van der Waals surface area contributed by atoms with E-state index in [2.05, 4.69) is 0 Å². The lowest BCUT2D eigenvalue weighted by molar-refractivity contribution is -0.137. The first-order valence-corrected chi connectivity index (χ1v) is 6.72. The average molecular weight is 272 g/mol. The van der Waals surface area contributed by atoms with Crippen LogP contribution in [0.4, 0.5) is 4.79 Å². The van der Waals surface area contributed by atoms with Crippen molar-refractivity contribution in [2.75, 3.05) is 33.4 Å². The van der Waals surface area contributed by atoms with Gasteiger partial charge in [-0.1, -0.05) is 0 Å². The first kappa shape index (κ1) is 15.8. The summed E-state index contributed by atoms with van der Waals surface area (Å²) in [6, 6.07) is -0.131. The van der Waals surface area contributed by atoms with Gasteiger partial charge in [-0.05, 0) is 32.6 Å². The van der Waals surface area contributed by atoms with Crippen LogP contribution >= 0.6 is 0 Å². The molecular formula is C13H24N2O4. The van der Waals surface area contributed by atoms with E-state index in [0.29, 0.717) is 19.1 Å². The lowest BCUT2D eigenvalue weighted by Gasteiger charge is -2.32. The van der Waals surface area contributed by atoms with Gasteiger partial charge in [0.25, 0.3) is 0 Å². The van der Waals surface area contributed by atoms with E-state index >= 15 is 0 Å². The van der Waals surface area contributed by atoms with Crippen LogP contribution in [0.1, 0.15) is 26.7 Å². The molecule has 2 amide bonds. The average Bonchev–Trinajstić information content (AvgIpc) is 3.13. The predicted octanol–water partition coefficient (Wildman–Crippen LogP) is 1.26. The number of nitrogens with zero attached hydrogens (tertiary/aromatic N) is 2. The van der Waals surface area contributed by atoms with Gasteiger partial charge in [0.2, 0.25) is 0 Å². The Labute approximate surface area is 114 Å². The number of methoxy groups -OCH3 is 1. The minimum Gasteiger partial charge on any atom is -0.480 e.